The predicted octanol–water partition coefficient (Wildman–Crippen LogP) is 4.71. The fourth-order valence-electron chi connectivity index (χ4n) is 3.89. The first-order valence-corrected chi connectivity index (χ1v) is 10.6. The molecule has 0 radical (unpaired) electrons. The molecule has 0 atom stereocenters. The summed E-state index contributed by atoms with van der Waals surface area (Å²) in [6, 6.07) is 20.4. The summed E-state index contributed by atoms with van der Waals surface area (Å²) in [7, 11) is 3.13. The molecule has 0 unspecified atom stereocenters. The molecule has 33 heavy (non-hydrogen) atoms. The zero-order valence-electron chi connectivity index (χ0n) is 19.1. The standard InChI is InChI=1S/C27H26N2O4/c1-17-13-14-19(15-18(17)2)24-25(28-21-10-6-8-12-23(21)33-4)27(31)29(26(24)30)16-20-9-5-7-11-22(20)32-3/h5-15,28H,16H2,1-4H3. The van der Waals surface area contributed by atoms with E-state index >= 15 is 0 Å². The number of amides is 2. The van der Waals surface area contributed by atoms with Crippen LogP contribution in [0.2, 0.25) is 0 Å². The Morgan fingerprint density at radius 2 is 1.45 bits per heavy atom. The van der Waals surface area contributed by atoms with Gasteiger partial charge in [0.05, 0.1) is 32.0 Å². The Bertz CT molecular complexity index is 1260. The minimum Gasteiger partial charge on any atom is -0.496 e. The quantitative estimate of drug-likeness (QED) is 0.537. The van der Waals surface area contributed by atoms with Crippen molar-refractivity contribution >= 4 is 23.1 Å². The molecule has 0 aromatic heterocycles. The molecular formula is C27H26N2O4. The summed E-state index contributed by atoms with van der Waals surface area (Å²) in [5.41, 5.74) is 4.76. The van der Waals surface area contributed by atoms with Crippen molar-refractivity contribution in [2.75, 3.05) is 19.5 Å². The van der Waals surface area contributed by atoms with Gasteiger partial charge >= 0.3 is 0 Å². The largest absolute Gasteiger partial charge is 0.496 e. The average Bonchev–Trinajstić information content (AvgIpc) is 3.05. The summed E-state index contributed by atoms with van der Waals surface area (Å²) in [6.07, 6.45) is 0. The van der Waals surface area contributed by atoms with Crippen molar-refractivity contribution in [1.29, 1.82) is 0 Å². The lowest BCUT2D eigenvalue weighted by atomic mass is 9.99. The number of hydrogen-bond acceptors (Lipinski definition) is 5. The summed E-state index contributed by atoms with van der Waals surface area (Å²) in [5, 5.41) is 3.18. The van der Waals surface area contributed by atoms with E-state index in [4.69, 9.17) is 9.47 Å². The van der Waals surface area contributed by atoms with E-state index in [9.17, 15) is 9.59 Å². The molecule has 1 aliphatic rings. The second-order valence-corrected chi connectivity index (χ2v) is 7.88. The van der Waals surface area contributed by atoms with Crippen molar-refractivity contribution in [3.63, 3.8) is 0 Å². The van der Waals surface area contributed by atoms with Crippen LogP contribution in [0.5, 0.6) is 11.5 Å². The van der Waals surface area contributed by atoms with Crippen LogP contribution in [0.1, 0.15) is 22.3 Å². The third kappa shape index (κ3) is 4.20. The number of aryl methyl sites for hydroxylation is 2. The van der Waals surface area contributed by atoms with Crippen LogP contribution in [0.25, 0.3) is 5.57 Å². The number of methoxy groups -OCH3 is 2. The van der Waals surface area contributed by atoms with Gasteiger partial charge < -0.3 is 14.8 Å². The number of para-hydroxylation sites is 3. The van der Waals surface area contributed by atoms with Gasteiger partial charge in [-0.25, -0.2) is 0 Å². The smallest absolute Gasteiger partial charge is 0.278 e. The van der Waals surface area contributed by atoms with Crippen LogP contribution in [0.3, 0.4) is 0 Å². The van der Waals surface area contributed by atoms with Crippen molar-refractivity contribution < 1.29 is 19.1 Å². The number of rotatable bonds is 7. The Morgan fingerprint density at radius 1 is 0.788 bits per heavy atom. The molecule has 168 valence electrons. The summed E-state index contributed by atoms with van der Waals surface area (Å²) in [4.78, 5) is 28.4. The van der Waals surface area contributed by atoms with Crippen LogP contribution in [-0.4, -0.2) is 30.9 Å². The Morgan fingerprint density at radius 3 is 2.15 bits per heavy atom. The van der Waals surface area contributed by atoms with Gasteiger partial charge in [0.1, 0.15) is 17.2 Å². The minimum absolute atomic E-state index is 0.104. The molecule has 1 heterocycles. The summed E-state index contributed by atoms with van der Waals surface area (Å²) < 4.78 is 10.9. The zero-order chi connectivity index (χ0) is 23.5. The number of anilines is 1. The Labute approximate surface area is 193 Å². The third-order valence-electron chi connectivity index (χ3n) is 5.85. The molecule has 6 heteroatoms. The molecule has 2 amide bonds. The Balaban J connectivity index is 1.79. The second kappa shape index (κ2) is 9.20. The Hall–Kier alpha value is -4.06. The lowest BCUT2D eigenvalue weighted by Crippen LogP contribution is -2.32. The number of carbonyl (C=O) groups is 2. The van der Waals surface area contributed by atoms with E-state index in [-0.39, 0.29) is 18.1 Å². The zero-order valence-corrected chi connectivity index (χ0v) is 19.1. The van der Waals surface area contributed by atoms with Gasteiger partial charge in [-0.3, -0.25) is 14.5 Å². The van der Waals surface area contributed by atoms with Crippen molar-refractivity contribution in [3.8, 4) is 11.5 Å². The van der Waals surface area contributed by atoms with Gasteiger partial charge in [-0.1, -0.05) is 48.5 Å². The molecule has 6 nitrogen and oxygen atoms in total. The van der Waals surface area contributed by atoms with Crippen molar-refractivity contribution in [1.82, 2.24) is 4.90 Å². The molecular weight excluding hydrogens is 416 g/mol. The fourth-order valence-corrected chi connectivity index (χ4v) is 3.89. The van der Waals surface area contributed by atoms with E-state index in [1.54, 1.807) is 20.3 Å². The third-order valence-corrected chi connectivity index (χ3v) is 5.85. The van der Waals surface area contributed by atoms with E-state index in [0.717, 1.165) is 16.7 Å². The highest BCUT2D eigenvalue weighted by Crippen LogP contribution is 2.35. The summed E-state index contributed by atoms with van der Waals surface area (Å²) in [5.74, 6) is 0.446. The van der Waals surface area contributed by atoms with E-state index in [0.29, 0.717) is 28.3 Å². The molecule has 1 aliphatic heterocycles. The Kier molecular flexibility index (Phi) is 6.18. The highest BCUT2D eigenvalue weighted by molar-refractivity contribution is 6.36. The molecule has 0 fully saturated rings. The van der Waals surface area contributed by atoms with Crippen LogP contribution in [0.4, 0.5) is 5.69 Å². The molecule has 0 saturated carbocycles. The number of carbonyl (C=O) groups excluding carboxylic acids is 2. The van der Waals surface area contributed by atoms with Crippen LogP contribution < -0.4 is 14.8 Å². The van der Waals surface area contributed by atoms with E-state index in [2.05, 4.69) is 5.32 Å². The number of nitrogens with one attached hydrogen (secondary N) is 1. The van der Waals surface area contributed by atoms with Crippen LogP contribution >= 0.6 is 0 Å². The van der Waals surface area contributed by atoms with Crippen LogP contribution in [-0.2, 0) is 16.1 Å². The predicted molar refractivity (Wildman–Crippen MR) is 128 cm³/mol. The number of nitrogens with zero attached hydrogens (tertiary/aromatic N) is 1. The van der Waals surface area contributed by atoms with E-state index in [1.165, 1.54) is 4.90 Å². The fraction of sp³-hybridized carbons (Fsp3) is 0.185. The van der Waals surface area contributed by atoms with Gasteiger partial charge in [-0.05, 0) is 48.7 Å². The number of imide groups is 1. The highest BCUT2D eigenvalue weighted by atomic mass is 16.5. The maximum Gasteiger partial charge on any atom is 0.278 e. The van der Waals surface area contributed by atoms with Gasteiger partial charge in [0.15, 0.2) is 0 Å². The van der Waals surface area contributed by atoms with Gasteiger partial charge in [0.25, 0.3) is 11.8 Å². The normalized spacial score (nSPS) is 13.5. The topological polar surface area (TPSA) is 67.9 Å². The molecule has 3 aromatic carbocycles. The minimum atomic E-state index is -0.398. The maximum absolute atomic E-state index is 13.6. The first-order chi connectivity index (χ1) is 15.9. The molecule has 0 bridgehead atoms. The van der Waals surface area contributed by atoms with Crippen LogP contribution in [0.15, 0.2) is 72.4 Å². The van der Waals surface area contributed by atoms with E-state index < -0.39 is 5.91 Å². The molecule has 0 aliphatic carbocycles. The van der Waals surface area contributed by atoms with Crippen LogP contribution in [0, 0.1) is 13.8 Å². The molecule has 0 saturated heterocycles. The first kappa shape index (κ1) is 22.1. The van der Waals surface area contributed by atoms with Crippen molar-refractivity contribution in [2.45, 2.75) is 20.4 Å². The summed E-state index contributed by atoms with van der Waals surface area (Å²) >= 11 is 0. The molecule has 3 aromatic rings. The van der Waals surface area contributed by atoms with Crippen molar-refractivity contribution in [3.05, 3.63) is 94.7 Å². The van der Waals surface area contributed by atoms with Gasteiger partial charge in [-0.15, -0.1) is 0 Å². The van der Waals surface area contributed by atoms with E-state index in [1.807, 2.05) is 74.5 Å². The number of benzene rings is 3. The lowest BCUT2D eigenvalue weighted by Gasteiger charge is -2.17. The molecule has 0 spiro atoms. The van der Waals surface area contributed by atoms with Crippen molar-refractivity contribution in [2.24, 2.45) is 0 Å². The molecule has 1 N–H and O–H groups in total. The second-order valence-electron chi connectivity index (χ2n) is 7.88. The highest BCUT2D eigenvalue weighted by Gasteiger charge is 2.40. The molecule has 4 rings (SSSR count). The monoisotopic (exact) mass is 442 g/mol. The van der Waals surface area contributed by atoms with Gasteiger partial charge in [-0.2, -0.15) is 0 Å². The number of hydrogen-bond donors (Lipinski definition) is 1. The average molecular weight is 443 g/mol. The maximum atomic E-state index is 13.6. The lowest BCUT2D eigenvalue weighted by molar-refractivity contribution is -0.137. The number of ether oxygens (including phenoxy) is 2. The summed E-state index contributed by atoms with van der Waals surface area (Å²) in [6.45, 7) is 4.10. The first-order valence-electron chi connectivity index (χ1n) is 10.6. The van der Waals surface area contributed by atoms with Gasteiger partial charge in [0.2, 0.25) is 0 Å². The SMILES string of the molecule is COc1ccccc1CN1C(=O)C(Nc2ccccc2OC)=C(c2ccc(C)c(C)c2)C1=O. The van der Waals surface area contributed by atoms with Gasteiger partial charge in [0, 0.05) is 5.56 Å².